The number of hydrogen-bond acceptors (Lipinski definition) is 3. The first-order valence-electron chi connectivity index (χ1n) is 5.67. The highest BCUT2D eigenvalue weighted by atomic mass is 16.4. The Hall–Kier alpha value is -1.10. The van der Waals surface area contributed by atoms with Crippen LogP contribution in [0.4, 0.5) is 0 Å². The zero-order chi connectivity index (χ0) is 12.6. The number of aliphatic hydroxyl groups excluding tert-OH is 1. The van der Waals surface area contributed by atoms with Gasteiger partial charge in [0.1, 0.15) is 0 Å². The summed E-state index contributed by atoms with van der Waals surface area (Å²) < 4.78 is 0. The van der Waals surface area contributed by atoms with Crippen molar-refractivity contribution in [2.24, 2.45) is 5.92 Å². The Labute approximate surface area is 95.9 Å². The van der Waals surface area contributed by atoms with Crippen LogP contribution < -0.4 is 5.32 Å². The van der Waals surface area contributed by atoms with E-state index in [0.717, 1.165) is 12.8 Å². The van der Waals surface area contributed by atoms with Crippen molar-refractivity contribution in [1.29, 1.82) is 0 Å². The van der Waals surface area contributed by atoms with Gasteiger partial charge in [-0.05, 0) is 5.92 Å². The molecule has 0 heterocycles. The fraction of sp³-hybridized carbons (Fsp3) is 0.818. The molecule has 0 aliphatic carbocycles. The summed E-state index contributed by atoms with van der Waals surface area (Å²) in [7, 11) is 0. The molecule has 0 aliphatic heterocycles. The number of aliphatic carboxylic acids is 1. The SMILES string of the molecule is CCC(CC)C(O)CNC(=O)CCC(=O)O. The third kappa shape index (κ3) is 6.40. The predicted octanol–water partition coefficient (Wildman–Crippen LogP) is 0.764. The largest absolute Gasteiger partial charge is 0.481 e. The van der Waals surface area contributed by atoms with Gasteiger partial charge in [-0.3, -0.25) is 9.59 Å². The van der Waals surface area contributed by atoms with Crippen LogP contribution in [0.5, 0.6) is 0 Å². The van der Waals surface area contributed by atoms with E-state index < -0.39 is 12.1 Å². The van der Waals surface area contributed by atoms with Crippen LogP contribution in [-0.4, -0.2) is 34.7 Å². The molecule has 1 atom stereocenters. The molecule has 0 radical (unpaired) electrons. The molecule has 5 nitrogen and oxygen atoms in total. The van der Waals surface area contributed by atoms with Crippen molar-refractivity contribution in [3.05, 3.63) is 0 Å². The van der Waals surface area contributed by atoms with E-state index in [9.17, 15) is 14.7 Å². The number of hydrogen-bond donors (Lipinski definition) is 3. The molecule has 0 saturated carbocycles. The van der Waals surface area contributed by atoms with Gasteiger partial charge in [0.15, 0.2) is 0 Å². The number of carbonyl (C=O) groups is 2. The second-order valence-corrected chi connectivity index (χ2v) is 3.84. The van der Waals surface area contributed by atoms with Crippen molar-refractivity contribution in [3.8, 4) is 0 Å². The molecule has 1 unspecified atom stereocenters. The van der Waals surface area contributed by atoms with Gasteiger partial charge < -0.3 is 15.5 Å². The lowest BCUT2D eigenvalue weighted by Crippen LogP contribution is -2.36. The summed E-state index contributed by atoms with van der Waals surface area (Å²) in [6, 6.07) is 0. The average molecular weight is 231 g/mol. The van der Waals surface area contributed by atoms with Gasteiger partial charge in [0, 0.05) is 13.0 Å². The van der Waals surface area contributed by atoms with Crippen LogP contribution >= 0.6 is 0 Å². The van der Waals surface area contributed by atoms with Crippen LogP contribution in [0, 0.1) is 5.92 Å². The first-order valence-corrected chi connectivity index (χ1v) is 5.67. The highest BCUT2D eigenvalue weighted by Crippen LogP contribution is 2.12. The quantitative estimate of drug-likeness (QED) is 0.575. The minimum absolute atomic E-state index is 0.0367. The lowest BCUT2D eigenvalue weighted by atomic mass is 9.96. The first-order chi connectivity index (χ1) is 7.51. The van der Waals surface area contributed by atoms with Crippen molar-refractivity contribution in [3.63, 3.8) is 0 Å². The molecule has 3 N–H and O–H groups in total. The molecule has 16 heavy (non-hydrogen) atoms. The Morgan fingerprint density at radius 3 is 2.19 bits per heavy atom. The van der Waals surface area contributed by atoms with Gasteiger partial charge in [-0.25, -0.2) is 0 Å². The molecule has 1 amide bonds. The molecule has 0 aromatic carbocycles. The molecule has 0 spiro atoms. The normalized spacial score (nSPS) is 12.5. The lowest BCUT2D eigenvalue weighted by molar-refractivity contribution is -0.138. The monoisotopic (exact) mass is 231 g/mol. The molecule has 0 saturated heterocycles. The topological polar surface area (TPSA) is 86.6 Å². The number of carboxylic acids is 1. The van der Waals surface area contributed by atoms with E-state index in [1.54, 1.807) is 0 Å². The summed E-state index contributed by atoms with van der Waals surface area (Å²) in [5.41, 5.74) is 0. The van der Waals surface area contributed by atoms with Crippen molar-refractivity contribution in [2.45, 2.75) is 45.6 Å². The van der Waals surface area contributed by atoms with E-state index in [1.165, 1.54) is 0 Å². The lowest BCUT2D eigenvalue weighted by Gasteiger charge is -2.20. The highest BCUT2D eigenvalue weighted by molar-refractivity contribution is 5.80. The molecule has 0 rings (SSSR count). The maximum atomic E-state index is 11.2. The van der Waals surface area contributed by atoms with Gasteiger partial charge in [-0.2, -0.15) is 0 Å². The summed E-state index contributed by atoms with van der Waals surface area (Å²) in [6.45, 7) is 4.18. The van der Waals surface area contributed by atoms with Crippen molar-refractivity contribution in [2.75, 3.05) is 6.54 Å². The summed E-state index contributed by atoms with van der Waals surface area (Å²) in [5.74, 6) is -1.14. The van der Waals surface area contributed by atoms with Gasteiger partial charge in [0.2, 0.25) is 5.91 Å². The Kier molecular flexibility index (Phi) is 7.54. The number of aliphatic hydroxyl groups is 1. The summed E-state index contributed by atoms with van der Waals surface area (Å²) >= 11 is 0. The van der Waals surface area contributed by atoms with E-state index in [2.05, 4.69) is 5.32 Å². The third-order valence-electron chi connectivity index (χ3n) is 2.67. The number of amides is 1. The standard InChI is InChI=1S/C11H21NO4/c1-3-8(4-2)9(13)7-12-10(14)5-6-11(15)16/h8-9,13H,3-7H2,1-2H3,(H,12,14)(H,15,16). The molecule has 5 heteroatoms. The molecule has 0 fully saturated rings. The van der Waals surface area contributed by atoms with Gasteiger partial charge in [0.25, 0.3) is 0 Å². The number of nitrogens with one attached hydrogen (secondary N) is 1. The molecule has 0 aliphatic rings. The average Bonchev–Trinajstić information content (AvgIpc) is 2.25. The van der Waals surface area contributed by atoms with Crippen LogP contribution in [0.25, 0.3) is 0 Å². The van der Waals surface area contributed by atoms with Gasteiger partial charge in [-0.1, -0.05) is 26.7 Å². The zero-order valence-electron chi connectivity index (χ0n) is 9.90. The minimum atomic E-state index is -0.990. The van der Waals surface area contributed by atoms with E-state index in [1.807, 2.05) is 13.8 Å². The Bertz CT molecular complexity index is 226. The van der Waals surface area contributed by atoms with E-state index in [0.29, 0.717) is 0 Å². The van der Waals surface area contributed by atoms with E-state index in [4.69, 9.17) is 5.11 Å². The van der Waals surface area contributed by atoms with Crippen LogP contribution in [-0.2, 0) is 9.59 Å². The fourth-order valence-corrected chi connectivity index (χ4v) is 1.53. The first kappa shape index (κ1) is 14.9. The second-order valence-electron chi connectivity index (χ2n) is 3.84. The number of carbonyl (C=O) groups excluding carboxylic acids is 1. The van der Waals surface area contributed by atoms with Crippen molar-refractivity contribution in [1.82, 2.24) is 5.32 Å². The maximum Gasteiger partial charge on any atom is 0.303 e. The smallest absolute Gasteiger partial charge is 0.303 e. The van der Waals surface area contributed by atoms with Crippen LogP contribution in [0.1, 0.15) is 39.5 Å². The molecule has 94 valence electrons. The summed E-state index contributed by atoms with van der Waals surface area (Å²) in [4.78, 5) is 21.4. The van der Waals surface area contributed by atoms with Gasteiger partial charge >= 0.3 is 5.97 Å². The van der Waals surface area contributed by atoms with Gasteiger partial charge in [-0.15, -0.1) is 0 Å². The Morgan fingerprint density at radius 1 is 1.19 bits per heavy atom. The summed E-state index contributed by atoms with van der Waals surface area (Å²) in [6.07, 6.45) is 0.965. The van der Waals surface area contributed by atoms with Gasteiger partial charge in [0.05, 0.1) is 12.5 Å². The Balaban J connectivity index is 3.77. The second kappa shape index (κ2) is 8.10. The van der Waals surface area contributed by atoms with Crippen LogP contribution in [0.3, 0.4) is 0 Å². The molecular weight excluding hydrogens is 210 g/mol. The van der Waals surface area contributed by atoms with Crippen LogP contribution in [0.2, 0.25) is 0 Å². The minimum Gasteiger partial charge on any atom is -0.481 e. The van der Waals surface area contributed by atoms with E-state index in [-0.39, 0.29) is 31.2 Å². The fourth-order valence-electron chi connectivity index (χ4n) is 1.53. The number of carboxylic acid groups (broad SMARTS) is 1. The van der Waals surface area contributed by atoms with Crippen molar-refractivity contribution < 1.29 is 19.8 Å². The predicted molar refractivity (Wildman–Crippen MR) is 60.0 cm³/mol. The van der Waals surface area contributed by atoms with Crippen LogP contribution in [0.15, 0.2) is 0 Å². The Morgan fingerprint density at radius 2 is 1.75 bits per heavy atom. The highest BCUT2D eigenvalue weighted by Gasteiger charge is 2.16. The third-order valence-corrected chi connectivity index (χ3v) is 2.67. The van der Waals surface area contributed by atoms with Crippen molar-refractivity contribution >= 4 is 11.9 Å². The molecule has 0 bridgehead atoms. The summed E-state index contributed by atoms with van der Waals surface area (Å²) in [5, 5.41) is 20.6. The van der Waals surface area contributed by atoms with E-state index >= 15 is 0 Å². The maximum absolute atomic E-state index is 11.2. The zero-order valence-corrected chi connectivity index (χ0v) is 9.90. The molecule has 0 aromatic heterocycles. The molecule has 0 aromatic rings. The number of rotatable bonds is 8. The molecular formula is C11H21NO4.